The molecule has 0 unspecified atom stereocenters. The Labute approximate surface area is 321 Å². The lowest BCUT2D eigenvalue weighted by Crippen LogP contribution is -2.67. The van der Waals surface area contributed by atoms with E-state index in [2.05, 4.69) is 84.6 Å². The molecule has 1 aromatic rings. The SMILES string of the molecule is C=C(C)[C@@H]1CC[C@]2(CC(=O)N[C@@H](CC)c3ccccc3)CC[C@]3(C)[C@H](CC[C@@H]4[C@@]5(C)CC[C@H](OC(=O)CC(C)(C)CC(=O)O)C(C)(C)[C@@H]5CC[C@]43C)[C@@H]12. The molecule has 6 nitrogen and oxygen atoms in total. The molecule has 0 radical (unpaired) electrons. The molecular weight excluding hydrogens is 659 g/mol. The first-order chi connectivity index (χ1) is 24.7. The van der Waals surface area contributed by atoms with Gasteiger partial charge in [-0.25, -0.2) is 0 Å². The standard InChI is InChI=1S/C47H71NO5/c1-11-34(31-15-13-12-14-16-31)48-38(49)27-47-24-19-32(30(2)3)41(47)33-17-18-36-44(8)22-21-37(53-40(52)29-42(4,5)28-39(50)51)43(6,7)35(44)20-23-46(36,10)45(33,9)25-26-47/h12-16,32-37,41H,2,11,17-29H2,1,3-10H3,(H,48,49)(H,50,51)/t32-,33+,34-,35-,36+,37-,41+,44-,45+,46+,47+/m0/s1. The molecule has 0 bridgehead atoms. The van der Waals surface area contributed by atoms with Gasteiger partial charge in [-0.3, -0.25) is 14.4 Å². The number of hydrogen-bond donors (Lipinski definition) is 2. The highest BCUT2D eigenvalue weighted by atomic mass is 16.5. The van der Waals surface area contributed by atoms with Crippen LogP contribution in [0.3, 0.4) is 0 Å². The number of allylic oxidation sites excluding steroid dienone is 1. The lowest BCUT2D eigenvalue weighted by molar-refractivity contribution is -0.250. The molecule has 0 heterocycles. The summed E-state index contributed by atoms with van der Waals surface area (Å²) in [7, 11) is 0. The lowest BCUT2D eigenvalue weighted by atomic mass is 9.32. The van der Waals surface area contributed by atoms with Crippen LogP contribution in [0.5, 0.6) is 0 Å². The first kappa shape index (κ1) is 40.0. The largest absolute Gasteiger partial charge is 0.481 e. The number of carboxylic acid groups (broad SMARTS) is 1. The highest BCUT2D eigenvalue weighted by Crippen LogP contribution is 2.78. The van der Waals surface area contributed by atoms with Crippen molar-refractivity contribution >= 4 is 17.8 Å². The van der Waals surface area contributed by atoms with Crippen LogP contribution in [0.4, 0.5) is 0 Å². The van der Waals surface area contributed by atoms with Crippen LogP contribution >= 0.6 is 0 Å². The van der Waals surface area contributed by atoms with Crippen molar-refractivity contribution in [3.8, 4) is 0 Å². The maximum Gasteiger partial charge on any atom is 0.306 e. The monoisotopic (exact) mass is 730 g/mol. The third-order valence-electron chi connectivity index (χ3n) is 17.2. The molecule has 6 rings (SSSR count). The Balaban J connectivity index is 1.22. The molecule has 53 heavy (non-hydrogen) atoms. The molecule has 0 aliphatic heterocycles. The van der Waals surface area contributed by atoms with Gasteiger partial charge in [-0.15, -0.1) is 0 Å². The first-order valence-electron chi connectivity index (χ1n) is 21.1. The zero-order chi connectivity index (χ0) is 38.8. The number of esters is 1. The van der Waals surface area contributed by atoms with E-state index in [1.807, 2.05) is 19.9 Å². The summed E-state index contributed by atoms with van der Waals surface area (Å²) in [4.78, 5) is 38.7. The molecule has 5 aliphatic rings. The normalized spacial score (nSPS) is 39.3. The minimum absolute atomic E-state index is 0.0279. The molecule has 6 heteroatoms. The summed E-state index contributed by atoms with van der Waals surface area (Å²) in [5.74, 6) is 1.65. The van der Waals surface area contributed by atoms with E-state index in [0.29, 0.717) is 36.0 Å². The van der Waals surface area contributed by atoms with E-state index < -0.39 is 11.4 Å². The van der Waals surface area contributed by atoms with Crippen LogP contribution in [0, 0.1) is 62.1 Å². The van der Waals surface area contributed by atoms with Crippen molar-refractivity contribution in [3.63, 3.8) is 0 Å². The van der Waals surface area contributed by atoms with Gasteiger partial charge in [0.15, 0.2) is 0 Å². The molecular formula is C47H71NO5. The number of benzene rings is 1. The number of rotatable bonds is 11. The summed E-state index contributed by atoms with van der Waals surface area (Å²) in [6.07, 6.45) is 12.7. The number of ether oxygens (including phenoxy) is 1. The summed E-state index contributed by atoms with van der Waals surface area (Å²) in [5.41, 5.74) is 2.25. The van der Waals surface area contributed by atoms with Crippen molar-refractivity contribution in [2.45, 2.75) is 164 Å². The van der Waals surface area contributed by atoms with Crippen LogP contribution in [0.1, 0.15) is 164 Å². The molecule has 1 amide bonds. The summed E-state index contributed by atoms with van der Waals surface area (Å²) >= 11 is 0. The van der Waals surface area contributed by atoms with Crippen LogP contribution in [0.15, 0.2) is 42.5 Å². The molecule has 2 N–H and O–H groups in total. The lowest BCUT2D eigenvalue weighted by Gasteiger charge is -2.73. The fourth-order valence-electron chi connectivity index (χ4n) is 14.5. The Kier molecular flexibility index (Phi) is 10.7. The first-order valence-corrected chi connectivity index (χ1v) is 21.1. The third-order valence-corrected chi connectivity index (χ3v) is 17.2. The molecule has 294 valence electrons. The van der Waals surface area contributed by atoms with E-state index in [-0.39, 0.29) is 63.9 Å². The zero-order valence-corrected chi connectivity index (χ0v) is 34.6. The van der Waals surface area contributed by atoms with Crippen molar-refractivity contribution in [2.24, 2.45) is 62.1 Å². The molecule has 5 fully saturated rings. The maximum absolute atomic E-state index is 14.1. The number of aliphatic carboxylic acids is 1. The van der Waals surface area contributed by atoms with Gasteiger partial charge in [0, 0.05) is 11.8 Å². The van der Waals surface area contributed by atoms with Crippen molar-refractivity contribution in [1.29, 1.82) is 0 Å². The molecule has 1 aromatic carbocycles. The van der Waals surface area contributed by atoms with Gasteiger partial charge < -0.3 is 15.2 Å². The average Bonchev–Trinajstić information content (AvgIpc) is 3.44. The highest BCUT2D eigenvalue weighted by molar-refractivity contribution is 5.77. The predicted octanol–water partition coefficient (Wildman–Crippen LogP) is 11.1. The number of carboxylic acids is 1. The maximum atomic E-state index is 14.1. The van der Waals surface area contributed by atoms with Gasteiger partial charge >= 0.3 is 11.9 Å². The molecule has 11 atom stereocenters. The quantitative estimate of drug-likeness (QED) is 0.175. The van der Waals surface area contributed by atoms with Crippen LogP contribution in [-0.4, -0.2) is 29.1 Å². The average molecular weight is 730 g/mol. The van der Waals surface area contributed by atoms with Crippen LogP contribution < -0.4 is 5.32 Å². The van der Waals surface area contributed by atoms with Gasteiger partial charge in [-0.2, -0.15) is 0 Å². The number of fused-ring (bicyclic) bond motifs is 7. The number of nitrogens with one attached hydrogen (secondary N) is 1. The molecule has 5 saturated carbocycles. The van der Waals surface area contributed by atoms with E-state index in [4.69, 9.17) is 4.74 Å². The summed E-state index contributed by atoms with van der Waals surface area (Å²) in [6.45, 7) is 25.2. The topological polar surface area (TPSA) is 92.7 Å². The summed E-state index contributed by atoms with van der Waals surface area (Å²) in [5, 5.41) is 12.8. The molecule has 0 saturated heterocycles. The van der Waals surface area contributed by atoms with Crippen molar-refractivity contribution in [3.05, 3.63) is 48.0 Å². The number of carbonyl (C=O) groups excluding carboxylic acids is 2. The second-order valence-electron chi connectivity index (χ2n) is 20.9. The van der Waals surface area contributed by atoms with Crippen molar-refractivity contribution in [1.82, 2.24) is 5.32 Å². The van der Waals surface area contributed by atoms with E-state index in [9.17, 15) is 19.5 Å². The van der Waals surface area contributed by atoms with Gasteiger partial charge in [0.05, 0.1) is 18.9 Å². The van der Waals surface area contributed by atoms with Crippen LogP contribution in [-0.2, 0) is 19.1 Å². The van der Waals surface area contributed by atoms with E-state index >= 15 is 0 Å². The summed E-state index contributed by atoms with van der Waals surface area (Å²) < 4.78 is 6.29. The van der Waals surface area contributed by atoms with E-state index in [1.165, 1.54) is 36.8 Å². The molecule has 0 aromatic heterocycles. The molecule has 5 aliphatic carbocycles. The fraction of sp³-hybridized carbons (Fsp3) is 0.766. The Morgan fingerprint density at radius 1 is 0.887 bits per heavy atom. The van der Waals surface area contributed by atoms with E-state index in [0.717, 1.165) is 44.9 Å². The number of carbonyl (C=O) groups is 3. The second-order valence-corrected chi connectivity index (χ2v) is 20.9. The summed E-state index contributed by atoms with van der Waals surface area (Å²) in [6, 6.07) is 10.5. The van der Waals surface area contributed by atoms with Crippen LogP contribution in [0.25, 0.3) is 0 Å². The van der Waals surface area contributed by atoms with Gasteiger partial charge in [-0.05, 0) is 140 Å². The smallest absolute Gasteiger partial charge is 0.306 e. The van der Waals surface area contributed by atoms with Gasteiger partial charge in [-0.1, -0.05) is 97.9 Å². The minimum atomic E-state index is -0.883. The Morgan fingerprint density at radius 3 is 2.23 bits per heavy atom. The van der Waals surface area contributed by atoms with Gasteiger partial charge in [0.1, 0.15) is 6.10 Å². The Hall–Kier alpha value is -2.63. The number of amides is 1. The molecule has 0 spiro atoms. The van der Waals surface area contributed by atoms with Crippen LogP contribution in [0.2, 0.25) is 0 Å². The van der Waals surface area contributed by atoms with Gasteiger partial charge in [0.25, 0.3) is 0 Å². The van der Waals surface area contributed by atoms with Gasteiger partial charge in [0.2, 0.25) is 5.91 Å². The fourth-order valence-corrected chi connectivity index (χ4v) is 14.5. The third kappa shape index (κ3) is 6.83. The minimum Gasteiger partial charge on any atom is -0.481 e. The Morgan fingerprint density at radius 2 is 1.58 bits per heavy atom. The van der Waals surface area contributed by atoms with E-state index in [1.54, 1.807) is 0 Å². The Bertz CT molecular complexity index is 1570. The highest BCUT2D eigenvalue weighted by Gasteiger charge is 2.71. The van der Waals surface area contributed by atoms with Crippen molar-refractivity contribution < 1.29 is 24.2 Å². The number of hydrogen-bond acceptors (Lipinski definition) is 4. The van der Waals surface area contributed by atoms with Crippen molar-refractivity contribution in [2.75, 3.05) is 0 Å². The second kappa shape index (κ2) is 14.1. The zero-order valence-electron chi connectivity index (χ0n) is 34.6. The predicted molar refractivity (Wildman–Crippen MR) is 212 cm³/mol.